The number of nitrogens with one attached hydrogen (secondary N) is 1. The minimum absolute atomic E-state index is 0.0881. The number of hydrogen-bond donors (Lipinski definition) is 1. The summed E-state index contributed by atoms with van der Waals surface area (Å²) in [6, 6.07) is 0. The second kappa shape index (κ2) is 4.11. The number of amides is 1. The maximum Gasteiger partial charge on any atom is 0.223 e. The second-order valence-electron chi connectivity index (χ2n) is 4.18. The molecule has 3 nitrogen and oxygen atoms in total. The summed E-state index contributed by atoms with van der Waals surface area (Å²) in [6.07, 6.45) is 3.19. The Bertz CT molecular complexity index is 222. The summed E-state index contributed by atoms with van der Waals surface area (Å²) < 4.78 is 5.51. The van der Waals surface area contributed by atoms with E-state index in [0.717, 1.165) is 30.8 Å². The number of hydrogen-bond acceptors (Lipinski definition) is 3. The van der Waals surface area contributed by atoms with E-state index in [0.29, 0.717) is 12.5 Å². The van der Waals surface area contributed by atoms with E-state index in [1.54, 1.807) is 7.11 Å². The first-order valence-corrected chi connectivity index (χ1v) is 6.32. The molecule has 14 heavy (non-hydrogen) atoms. The van der Waals surface area contributed by atoms with Gasteiger partial charge in [-0.25, -0.2) is 0 Å². The summed E-state index contributed by atoms with van der Waals surface area (Å²) in [5.74, 6) is 2.68. The maximum atomic E-state index is 11.4. The van der Waals surface area contributed by atoms with Crippen molar-refractivity contribution in [3.05, 3.63) is 0 Å². The van der Waals surface area contributed by atoms with Gasteiger partial charge >= 0.3 is 0 Å². The van der Waals surface area contributed by atoms with Crippen molar-refractivity contribution >= 4 is 17.7 Å². The molecule has 4 heteroatoms. The van der Waals surface area contributed by atoms with Gasteiger partial charge < -0.3 is 10.1 Å². The molecule has 2 fully saturated rings. The molecule has 1 heterocycles. The first kappa shape index (κ1) is 10.3. The third kappa shape index (κ3) is 2.23. The summed E-state index contributed by atoms with van der Waals surface area (Å²) >= 11 is 1.90. The van der Waals surface area contributed by atoms with Crippen LogP contribution in [-0.4, -0.2) is 36.7 Å². The number of rotatable bonds is 4. The molecule has 1 saturated carbocycles. The van der Waals surface area contributed by atoms with Gasteiger partial charge in [-0.1, -0.05) is 0 Å². The minimum atomic E-state index is -0.0881. The first-order valence-electron chi connectivity index (χ1n) is 5.16. The molecule has 1 N–H and O–H groups in total. The molecule has 1 aliphatic heterocycles. The molecule has 1 atom stereocenters. The van der Waals surface area contributed by atoms with Crippen molar-refractivity contribution in [1.82, 2.24) is 5.32 Å². The zero-order valence-electron chi connectivity index (χ0n) is 8.54. The summed E-state index contributed by atoms with van der Waals surface area (Å²) in [4.78, 5) is 11.4. The normalized spacial score (nSPS) is 31.8. The molecule has 0 aromatic heterocycles. The van der Waals surface area contributed by atoms with Crippen molar-refractivity contribution in [2.45, 2.75) is 24.9 Å². The average molecular weight is 215 g/mol. The maximum absolute atomic E-state index is 11.4. The van der Waals surface area contributed by atoms with E-state index < -0.39 is 0 Å². The summed E-state index contributed by atoms with van der Waals surface area (Å²) in [7, 11) is 1.75. The van der Waals surface area contributed by atoms with Crippen LogP contribution in [0.4, 0.5) is 0 Å². The molecular formula is C10H17NO2S. The van der Waals surface area contributed by atoms with Crippen molar-refractivity contribution in [1.29, 1.82) is 0 Å². The van der Waals surface area contributed by atoms with Crippen LogP contribution in [-0.2, 0) is 9.53 Å². The Labute approximate surface area is 89.0 Å². The Kier molecular flexibility index (Phi) is 3.02. The van der Waals surface area contributed by atoms with Crippen LogP contribution in [0, 0.1) is 5.92 Å². The predicted molar refractivity (Wildman–Crippen MR) is 57.4 cm³/mol. The lowest BCUT2D eigenvalue weighted by molar-refractivity contribution is -0.123. The highest BCUT2D eigenvalue weighted by molar-refractivity contribution is 7.99. The Balaban J connectivity index is 1.79. The predicted octanol–water partition coefficient (Wildman–Crippen LogP) is 1.03. The first-order chi connectivity index (χ1) is 6.76. The molecule has 0 bridgehead atoms. The molecule has 0 aromatic carbocycles. The Morgan fingerprint density at radius 1 is 1.64 bits per heavy atom. The number of methoxy groups -OCH3 is 1. The summed E-state index contributed by atoms with van der Waals surface area (Å²) in [5, 5.41) is 3.00. The Hall–Kier alpha value is -0.220. The van der Waals surface area contributed by atoms with Gasteiger partial charge in [-0.15, -0.1) is 0 Å². The van der Waals surface area contributed by atoms with Crippen molar-refractivity contribution in [2.24, 2.45) is 5.92 Å². The largest absolute Gasteiger partial charge is 0.376 e. The third-order valence-electron chi connectivity index (χ3n) is 3.03. The lowest BCUT2D eigenvalue weighted by Crippen LogP contribution is -2.45. The Morgan fingerprint density at radius 3 is 2.93 bits per heavy atom. The zero-order chi connectivity index (χ0) is 10.0. The number of thioether (sulfide) groups is 1. The number of ether oxygens (including phenoxy) is 1. The SMILES string of the molecule is COC1(CNC(=O)C2CC2)CCSC1. The van der Waals surface area contributed by atoms with E-state index in [4.69, 9.17) is 4.74 Å². The quantitative estimate of drug-likeness (QED) is 0.761. The molecule has 0 aromatic rings. The monoisotopic (exact) mass is 215 g/mol. The van der Waals surface area contributed by atoms with E-state index in [1.165, 1.54) is 0 Å². The lowest BCUT2D eigenvalue weighted by atomic mass is 10.0. The molecule has 1 saturated heterocycles. The summed E-state index contributed by atoms with van der Waals surface area (Å²) in [6.45, 7) is 0.686. The van der Waals surface area contributed by atoms with Crippen molar-refractivity contribution in [2.75, 3.05) is 25.2 Å². The fraction of sp³-hybridized carbons (Fsp3) is 0.900. The zero-order valence-corrected chi connectivity index (χ0v) is 9.36. The van der Waals surface area contributed by atoms with E-state index in [9.17, 15) is 4.79 Å². The van der Waals surface area contributed by atoms with E-state index in [-0.39, 0.29) is 11.5 Å². The molecule has 1 amide bonds. The van der Waals surface area contributed by atoms with Crippen LogP contribution in [0.5, 0.6) is 0 Å². The highest BCUT2D eigenvalue weighted by atomic mass is 32.2. The van der Waals surface area contributed by atoms with Gasteiger partial charge in [0.05, 0.1) is 5.60 Å². The van der Waals surface area contributed by atoms with Crippen molar-refractivity contribution in [3.8, 4) is 0 Å². The third-order valence-corrected chi connectivity index (χ3v) is 4.26. The van der Waals surface area contributed by atoms with Crippen LogP contribution < -0.4 is 5.32 Å². The van der Waals surface area contributed by atoms with Gasteiger partial charge in [0, 0.05) is 25.3 Å². The van der Waals surface area contributed by atoms with Crippen LogP contribution in [0.1, 0.15) is 19.3 Å². The van der Waals surface area contributed by atoms with Gasteiger partial charge in [-0.05, 0) is 25.0 Å². The van der Waals surface area contributed by atoms with Gasteiger partial charge in [0.25, 0.3) is 0 Å². The topological polar surface area (TPSA) is 38.3 Å². The van der Waals surface area contributed by atoms with E-state index in [2.05, 4.69) is 5.32 Å². The van der Waals surface area contributed by atoms with Gasteiger partial charge in [-0.3, -0.25) is 4.79 Å². The van der Waals surface area contributed by atoms with Crippen LogP contribution in [0.25, 0.3) is 0 Å². The van der Waals surface area contributed by atoms with Crippen LogP contribution >= 0.6 is 11.8 Å². The smallest absolute Gasteiger partial charge is 0.223 e. The molecule has 1 aliphatic carbocycles. The molecule has 2 rings (SSSR count). The van der Waals surface area contributed by atoms with Gasteiger partial charge in [-0.2, -0.15) is 11.8 Å². The molecule has 80 valence electrons. The number of carbonyl (C=O) groups excluding carboxylic acids is 1. The van der Waals surface area contributed by atoms with Crippen molar-refractivity contribution < 1.29 is 9.53 Å². The highest BCUT2D eigenvalue weighted by Crippen LogP contribution is 2.32. The highest BCUT2D eigenvalue weighted by Gasteiger charge is 2.36. The van der Waals surface area contributed by atoms with Crippen LogP contribution in [0.15, 0.2) is 0 Å². The second-order valence-corrected chi connectivity index (χ2v) is 5.29. The lowest BCUT2D eigenvalue weighted by Gasteiger charge is -2.26. The fourth-order valence-electron chi connectivity index (χ4n) is 1.70. The molecule has 1 unspecified atom stereocenters. The Morgan fingerprint density at radius 2 is 2.43 bits per heavy atom. The molecule has 0 radical (unpaired) electrons. The molecular weight excluding hydrogens is 198 g/mol. The summed E-state index contributed by atoms with van der Waals surface area (Å²) in [5.41, 5.74) is -0.0881. The minimum Gasteiger partial charge on any atom is -0.376 e. The molecule has 2 aliphatic rings. The standard InChI is InChI=1S/C10H17NO2S/c1-13-10(4-5-14-7-10)6-11-9(12)8-2-3-8/h8H,2-7H2,1H3,(H,11,12). The van der Waals surface area contributed by atoms with Gasteiger partial charge in [0.15, 0.2) is 0 Å². The van der Waals surface area contributed by atoms with Crippen molar-refractivity contribution in [3.63, 3.8) is 0 Å². The molecule has 0 spiro atoms. The average Bonchev–Trinajstić information content (AvgIpc) is 2.95. The van der Waals surface area contributed by atoms with Crippen LogP contribution in [0.2, 0.25) is 0 Å². The van der Waals surface area contributed by atoms with Crippen LogP contribution in [0.3, 0.4) is 0 Å². The van der Waals surface area contributed by atoms with E-state index in [1.807, 2.05) is 11.8 Å². The fourth-order valence-corrected chi connectivity index (χ4v) is 3.10. The van der Waals surface area contributed by atoms with E-state index >= 15 is 0 Å². The number of carbonyl (C=O) groups is 1. The van der Waals surface area contributed by atoms with Gasteiger partial charge in [0.2, 0.25) is 5.91 Å². The van der Waals surface area contributed by atoms with Gasteiger partial charge in [0.1, 0.15) is 0 Å².